The first-order valence-corrected chi connectivity index (χ1v) is 7.55. The van der Waals surface area contributed by atoms with Crippen LogP contribution in [0.5, 0.6) is 0 Å². The fraction of sp³-hybridized carbons (Fsp3) is 0.143. The van der Waals surface area contributed by atoms with Crippen LogP contribution in [0.15, 0.2) is 53.4 Å². The smallest absolute Gasteiger partial charge is 0.224 e. The lowest BCUT2D eigenvalue weighted by Crippen LogP contribution is -2.04. The molecule has 0 bridgehead atoms. The summed E-state index contributed by atoms with van der Waals surface area (Å²) in [5.74, 6) is 0. The summed E-state index contributed by atoms with van der Waals surface area (Å²) in [4.78, 5) is 0.134. The molecule has 0 saturated carbocycles. The van der Waals surface area contributed by atoms with Crippen molar-refractivity contribution in [3.05, 3.63) is 54.1 Å². The largest absolute Gasteiger partial charge is 0.416 e. The molecule has 2 nitrogen and oxygen atoms in total. The van der Waals surface area contributed by atoms with Crippen molar-refractivity contribution < 1.29 is 21.6 Å². The quantitative estimate of drug-likeness (QED) is 0.846. The maximum Gasteiger partial charge on any atom is 0.416 e. The standard InChI is InChI=1S/C14H11F3O2S/c1-20(18,19)13-4-2-3-11(9-13)10-5-7-12(8-6-10)14(15,16)17/h2-9H,1H3. The number of rotatable bonds is 2. The summed E-state index contributed by atoms with van der Waals surface area (Å²) in [6.07, 6.45) is -3.30. The van der Waals surface area contributed by atoms with E-state index in [-0.39, 0.29) is 4.90 Å². The monoisotopic (exact) mass is 300 g/mol. The SMILES string of the molecule is CS(=O)(=O)c1cccc(-c2ccc(C(F)(F)F)cc2)c1. The van der Waals surface area contributed by atoms with Gasteiger partial charge in [0.2, 0.25) is 0 Å². The Morgan fingerprint density at radius 1 is 0.900 bits per heavy atom. The van der Waals surface area contributed by atoms with Crippen LogP contribution in [-0.2, 0) is 16.0 Å². The minimum Gasteiger partial charge on any atom is -0.224 e. The Hall–Kier alpha value is -1.82. The molecule has 0 N–H and O–H groups in total. The van der Waals surface area contributed by atoms with E-state index in [9.17, 15) is 21.6 Å². The second kappa shape index (κ2) is 4.94. The van der Waals surface area contributed by atoms with Crippen LogP contribution in [0.3, 0.4) is 0 Å². The third-order valence-electron chi connectivity index (χ3n) is 2.81. The van der Waals surface area contributed by atoms with Gasteiger partial charge >= 0.3 is 6.18 Å². The van der Waals surface area contributed by atoms with E-state index in [0.29, 0.717) is 11.1 Å². The molecule has 20 heavy (non-hydrogen) atoms. The summed E-state index contributed by atoms with van der Waals surface area (Å²) in [5, 5.41) is 0. The van der Waals surface area contributed by atoms with Crippen molar-refractivity contribution in [2.24, 2.45) is 0 Å². The van der Waals surface area contributed by atoms with Gasteiger partial charge in [-0.2, -0.15) is 13.2 Å². The van der Waals surface area contributed by atoms with Crippen LogP contribution in [0, 0.1) is 0 Å². The Bertz CT molecular complexity index is 717. The number of halogens is 3. The minimum atomic E-state index is -4.38. The molecule has 0 spiro atoms. The molecule has 2 rings (SSSR count). The van der Waals surface area contributed by atoms with E-state index in [4.69, 9.17) is 0 Å². The van der Waals surface area contributed by atoms with Gasteiger partial charge in [-0.05, 0) is 35.4 Å². The van der Waals surface area contributed by atoms with Crippen LogP contribution >= 0.6 is 0 Å². The predicted molar refractivity (Wildman–Crippen MR) is 70.0 cm³/mol. The van der Waals surface area contributed by atoms with Crippen LogP contribution in [0.2, 0.25) is 0 Å². The van der Waals surface area contributed by atoms with E-state index >= 15 is 0 Å². The highest BCUT2D eigenvalue weighted by Gasteiger charge is 2.29. The van der Waals surface area contributed by atoms with Gasteiger partial charge in [-0.3, -0.25) is 0 Å². The van der Waals surface area contributed by atoms with Crippen LogP contribution < -0.4 is 0 Å². The number of benzene rings is 2. The Balaban J connectivity index is 2.43. The van der Waals surface area contributed by atoms with Crippen LogP contribution in [0.4, 0.5) is 13.2 Å². The maximum atomic E-state index is 12.5. The average molecular weight is 300 g/mol. The molecule has 0 heterocycles. The normalized spacial score (nSPS) is 12.4. The summed E-state index contributed by atoms with van der Waals surface area (Å²) in [6.45, 7) is 0. The number of hydrogen-bond donors (Lipinski definition) is 0. The maximum absolute atomic E-state index is 12.5. The molecule has 0 aromatic heterocycles. The molecule has 0 radical (unpaired) electrons. The fourth-order valence-electron chi connectivity index (χ4n) is 1.76. The molecule has 0 fully saturated rings. The van der Waals surface area contributed by atoms with Crippen molar-refractivity contribution >= 4 is 9.84 Å². The summed E-state index contributed by atoms with van der Waals surface area (Å²) in [6, 6.07) is 10.7. The Morgan fingerprint density at radius 2 is 1.50 bits per heavy atom. The van der Waals surface area contributed by atoms with E-state index in [0.717, 1.165) is 18.4 Å². The molecular weight excluding hydrogens is 289 g/mol. The Labute approximate surface area is 114 Å². The van der Waals surface area contributed by atoms with E-state index in [2.05, 4.69) is 0 Å². The first-order valence-electron chi connectivity index (χ1n) is 5.66. The van der Waals surface area contributed by atoms with Gasteiger partial charge in [-0.15, -0.1) is 0 Å². The Kier molecular flexibility index (Phi) is 3.60. The second-order valence-corrected chi connectivity index (χ2v) is 6.39. The molecule has 0 aliphatic heterocycles. The second-order valence-electron chi connectivity index (χ2n) is 4.38. The molecule has 0 aliphatic rings. The van der Waals surface area contributed by atoms with Crippen molar-refractivity contribution in [1.29, 1.82) is 0 Å². The van der Waals surface area contributed by atoms with Gasteiger partial charge in [-0.1, -0.05) is 24.3 Å². The molecule has 2 aromatic rings. The van der Waals surface area contributed by atoms with Crippen molar-refractivity contribution in [1.82, 2.24) is 0 Å². The lowest BCUT2D eigenvalue weighted by Gasteiger charge is -2.08. The molecule has 106 valence electrons. The van der Waals surface area contributed by atoms with Crippen molar-refractivity contribution in [2.45, 2.75) is 11.1 Å². The van der Waals surface area contributed by atoms with Gasteiger partial charge in [0, 0.05) is 6.26 Å². The zero-order valence-electron chi connectivity index (χ0n) is 10.5. The lowest BCUT2D eigenvalue weighted by molar-refractivity contribution is -0.137. The number of alkyl halides is 3. The molecule has 0 saturated heterocycles. The highest BCUT2D eigenvalue weighted by atomic mass is 32.2. The lowest BCUT2D eigenvalue weighted by atomic mass is 10.0. The van der Waals surface area contributed by atoms with E-state index < -0.39 is 21.6 Å². The zero-order chi connectivity index (χ0) is 15.0. The van der Waals surface area contributed by atoms with E-state index in [1.807, 2.05) is 0 Å². The molecule has 0 unspecified atom stereocenters. The van der Waals surface area contributed by atoms with Crippen molar-refractivity contribution in [3.63, 3.8) is 0 Å². The summed E-state index contributed by atoms with van der Waals surface area (Å²) in [7, 11) is -3.34. The first-order chi connectivity index (χ1) is 9.18. The van der Waals surface area contributed by atoms with Gasteiger partial charge in [-0.25, -0.2) is 8.42 Å². The molecule has 6 heteroatoms. The van der Waals surface area contributed by atoms with Crippen molar-refractivity contribution in [3.8, 4) is 11.1 Å². The topological polar surface area (TPSA) is 34.1 Å². The third kappa shape index (κ3) is 3.19. The molecule has 0 amide bonds. The average Bonchev–Trinajstić information content (AvgIpc) is 2.37. The summed E-state index contributed by atoms with van der Waals surface area (Å²) >= 11 is 0. The number of hydrogen-bond acceptors (Lipinski definition) is 2. The Morgan fingerprint density at radius 3 is 2.00 bits per heavy atom. The van der Waals surface area contributed by atoms with E-state index in [1.54, 1.807) is 12.1 Å². The van der Waals surface area contributed by atoms with Gasteiger partial charge in [0.25, 0.3) is 0 Å². The van der Waals surface area contributed by atoms with Crippen LogP contribution in [0.1, 0.15) is 5.56 Å². The van der Waals surface area contributed by atoms with Crippen LogP contribution in [-0.4, -0.2) is 14.7 Å². The van der Waals surface area contributed by atoms with Gasteiger partial charge < -0.3 is 0 Å². The number of sulfone groups is 1. The first kappa shape index (κ1) is 14.6. The molecule has 0 atom stereocenters. The van der Waals surface area contributed by atoms with Crippen LogP contribution in [0.25, 0.3) is 11.1 Å². The molecule has 2 aromatic carbocycles. The molecular formula is C14H11F3O2S. The van der Waals surface area contributed by atoms with Gasteiger partial charge in [0.05, 0.1) is 10.5 Å². The highest BCUT2D eigenvalue weighted by Crippen LogP contribution is 2.31. The predicted octanol–water partition coefficient (Wildman–Crippen LogP) is 3.78. The van der Waals surface area contributed by atoms with Crippen molar-refractivity contribution in [2.75, 3.05) is 6.26 Å². The highest BCUT2D eigenvalue weighted by molar-refractivity contribution is 7.90. The van der Waals surface area contributed by atoms with Gasteiger partial charge in [0.1, 0.15) is 0 Å². The van der Waals surface area contributed by atoms with Gasteiger partial charge in [0.15, 0.2) is 9.84 Å². The zero-order valence-corrected chi connectivity index (χ0v) is 11.3. The fourth-order valence-corrected chi connectivity index (χ4v) is 2.42. The molecule has 0 aliphatic carbocycles. The summed E-state index contributed by atoms with van der Waals surface area (Å²) in [5.41, 5.74) is 0.352. The van der Waals surface area contributed by atoms with E-state index in [1.165, 1.54) is 24.3 Å². The summed E-state index contributed by atoms with van der Waals surface area (Å²) < 4.78 is 60.3. The third-order valence-corrected chi connectivity index (χ3v) is 3.92. The minimum absolute atomic E-state index is 0.134.